The van der Waals surface area contributed by atoms with Gasteiger partial charge in [-0.25, -0.2) is 4.79 Å². The van der Waals surface area contributed by atoms with Crippen LogP contribution in [0.3, 0.4) is 0 Å². The van der Waals surface area contributed by atoms with Crippen molar-refractivity contribution in [3.63, 3.8) is 0 Å². The highest BCUT2D eigenvalue weighted by atomic mass is 16.4. The van der Waals surface area contributed by atoms with Gasteiger partial charge in [0.1, 0.15) is 5.69 Å². The minimum absolute atomic E-state index is 0.0493. The van der Waals surface area contributed by atoms with Crippen LogP contribution in [-0.2, 0) is 6.54 Å². The summed E-state index contributed by atoms with van der Waals surface area (Å²) in [5.74, 6) is -0.967. The molecule has 1 amide bonds. The fraction of sp³-hybridized carbons (Fsp3) is 0.389. The monoisotopic (exact) mass is 342 g/mol. The molecule has 2 N–H and O–H groups in total. The molecule has 2 atom stereocenters. The standard InChI is InChI=1S/C18H22N4O3/c1-12-9-21(11-14-3-5-15(6-4-14)18(24)25)10-13(2)22(12)17(23)16-7-8-19-20-16/h3-8,12-13H,9-11H2,1-2H3,(H,19,20)(H,24,25)/t12-,13+. The summed E-state index contributed by atoms with van der Waals surface area (Å²) < 4.78 is 0. The Morgan fingerprint density at radius 3 is 2.32 bits per heavy atom. The zero-order valence-corrected chi connectivity index (χ0v) is 14.3. The lowest BCUT2D eigenvalue weighted by atomic mass is 10.1. The normalized spacial score (nSPS) is 21.3. The summed E-state index contributed by atoms with van der Waals surface area (Å²) in [6, 6.07) is 8.79. The first-order valence-corrected chi connectivity index (χ1v) is 8.32. The van der Waals surface area contributed by atoms with Crippen molar-refractivity contribution in [1.82, 2.24) is 20.0 Å². The summed E-state index contributed by atoms with van der Waals surface area (Å²) in [5, 5.41) is 15.6. The fourth-order valence-corrected chi connectivity index (χ4v) is 3.48. The van der Waals surface area contributed by atoms with Crippen molar-refractivity contribution in [2.45, 2.75) is 32.5 Å². The molecule has 0 spiro atoms. The number of carbonyl (C=O) groups is 2. The first-order valence-electron chi connectivity index (χ1n) is 8.32. The van der Waals surface area contributed by atoms with E-state index in [4.69, 9.17) is 5.11 Å². The Bertz CT molecular complexity index is 730. The topological polar surface area (TPSA) is 89.5 Å². The summed E-state index contributed by atoms with van der Waals surface area (Å²) in [6.45, 7) is 6.35. The summed E-state index contributed by atoms with van der Waals surface area (Å²) in [7, 11) is 0. The molecule has 132 valence electrons. The Morgan fingerprint density at radius 2 is 1.80 bits per heavy atom. The Labute approximate surface area is 146 Å². The lowest BCUT2D eigenvalue weighted by Gasteiger charge is -2.44. The number of aromatic carboxylic acids is 1. The molecule has 25 heavy (non-hydrogen) atoms. The molecule has 1 saturated heterocycles. The van der Waals surface area contributed by atoms with Crippen molar-refractivity contribution in [3.8, 4) is 0 Å². The third-order valence-corrected chi connectivity index (χ3v) is 4.56. The van der Waals surface area contributed by atoms with Crippen LogP contribution in [-0.4, -0.2) is 62.2 Å². The van der Waals surface area contributed by atoms with Crippen LogP contribution in [0.25, 0.3) is 0 Å². The minimum atomic E-state index is -0.917. The second-order valence-electron chi connectivity index (χ2n) is 6.57. The number of carboxylic acid groups (broad SMARTS) is 1. The van der Waals surface area contributed by atoms with E-state index in [0.717, 1.165) is 25.2 Å². The third-order valence-electron chi connectivity index (χ3n) is 4.56. The van der Waals surface area contributed by atoms with Crippen LogP contribution in [0.15, 0.2) is 36.5 Å². The van der Waals surface area contributed by atoms with Gasteiger partial charge in [-0.05, 0) is 37.6 Å². The van der Waals surface area contributed by atoms with Gasteiger partial charge in [0.25, 0.3) is 5.91 Å². The molecule has 3 rings (SSSR count). The van der Waals surface area contributed by atoms with E-state index in [1.807, 2.05) is 30.9 Å². The minimum Gasteiger partial charge on any atom is -0.478 e. The smallest absolute Gasteiger partial charge is 0.335 e. The largest absolute Gasteiger partial charge is 0.478 e. The molecule has 1 aromatic carbocycles. The summed E-state index contributed by atoms with van der Waals surface area (Å²) in [4.78, 5) is 27.7. The highest BCUT2D eigenvalue weighted by molar-refractivity contribution is 5.92. The second-order valence-corrected chi connectivity index (χ2v) is 6.57. The van der Waals surface area contributed by atoms with Crippen molar-refractivity contribution in [1.29, 1.82) is 0 Å². The molecule has 0 saturated carbocycles. The summed E-state index contributed by atoms with van der Waals surface area (Å²) >= 11 is 0. The van der Waals surface area contributed by atoms with E-state index in [-0.39, 0.29) is 18.0 Å². The van der Waals surface area contributed by atoms with E-state index in [9.17, 15) is 9.59 Å². The van der Waals surface area contributed by atoms with Crippen molar-refractivity contribution < 1.29 is 14.7 Å². The quantitative estimate of drug-likeness (QED) is 0.885. The molecule has 0 unspecified atom stereocenters. The average molecular weight is 342 g/mol. The number of hydrogen-bond donors (Lipinski definition) is 2. The Kier molecular flexibility index (Phi) is 4.85. The number of aromatic nitrogens is 2. The zero-order chi connectivity index (χ0) is 18.0. The summed E-state index contributed by atoms with van der Waals surface area (Å²) in [6.07, 6.45) is 1.65. The number of H-pyrrole nitrogens is 1. The van der Waals surface area contributed by atoms with Crippen LogP contribution in [0.2, 0.25) is 0 Å². The molecular formula is C18H22N4O3. The molecule has 2 aromatic rings. The molecule has 1 aliphatic heterocycles. The first kappa shape index (κ1) is 17.2. The number of aromatic amines is 1. The highest BCUT2D eigenvalue weighted by Gasteiger charge is 2.33. The average Bonchev–Trinajstić information content (AvgIpc) is 3.09. The van der Waals surface area contributed by atoms with Crippen LogP contribution >= 0.6 is 0 Å². The Morgan fingerprint density at radius 1 is 1.16 bits per heavy atom. The van der Waals surface area contributed by atoms with Gasteiger partial charge in [-0.2, -0.15) is 5.10 Å². The van der Waals surface area contributed by atoms with Gasteiger partial charge in [0.15, 0.2) is 0 Å². The second kappa shape index (κ2) is 7.06. The van der Waals surface area contributed by atoms with Gasteiger partial charge in [0.2, 0.25) is 0 Å². The molecular weight excluding hydrogens is 320 g/mol. The predicted octanol–water partition coefficient (Wildman–Crippen LogP) is 1.84. The predicted molar refractivity (Wildman–Crippen MR) is 92.4 cm³/mol. The van der Waals surface area contributed by atoms with E-state index >= 15 is 0 Å². The van der Waals surface area contributed by atoms with Gasteiger partial charge in [0, 0.05) is 37.9 Å². The lowest BCUT2D eigenvalue weighted by molar-refractivity contribution is 0.0263. The third kappa shape index (κ3) is 3.71. The van der Waals surface area contributed by atoms with E-state index in [1.165, 1.54) is 0 Å². The Hall–Kier alpha value is -2.67. The van der Waals surface area contributed by atoms with Crippen molar-refractivity contribution in [3.05, 3.63) is 53.3 Å². The molecule has 0 bridgehead atoms. The van der Waals surface area contributed by atoms with E-state index in [0.29, 0.717) is 11.3 Å². The molecule has 1 fully saturated rings. The zero-order valence-electron chi connectivity index (χ0n) is 14.3. The number of rotatable bonds is 4. The van der Waals surface area contributed by atoms with E-state index < -0.39 is 5.97 Å². The van der Waals surface area contributed by atoms with Gasteiger partial charge >= 0.3 is 5.97 Å². The maximum absolute atomic E-state index is 12.6. The van der Waals surface area contributed by atoms with Crippen LogP contribution in [0, 0.1) is 0 Å². The van der Waals surface area contributed by atoms with Crippen LogP contribution in [0.1, 0.15) is 40.3 Å². The molecule has 7 nitrogen and oxygen atoms in total. The fourth-order valence-electron chi connectivity index (χ4n) is 3.48. The molecule has 0 radical (unpaired) electrons. The highest BCUT2D eigenvalue weighted by Crippen LogP contribution is 2.20. The van der Waals surface area contributed by atoms with Gasteiger partial charge in [0.05, 0.1) is 5.56 Å². The molecule has 7 heteroatoms. The lowest BCUT2D eigenvalue weighted by Crippen LogP contribution is -2.58. The van der Waals surface area contributed by atoms with Crippen LogP contribution in [0.5, 0.6) is 0 Å². The van der Waals surface area contributed by atoms with Gasteiger partial charge in [-0.3, -0.25) is 14.8 Å². The number of carbonyl (C=O) groups excluding carboxylic acids is 1. The number of nitrogens with one attached hydrogen (secondary N) is 1. The number of hydrogen-bond acceptors (Lipinski definition) is 4. The molecule has 1 aliphatic rings. The van der Waals surface area contributed by atoms with Crippen LogP contribution < -0.4 is 0 Å². The van der Waals surface area contributed by atoms with E-state index in [1.54, 1.807) is 24.4 Å². The number of nitrogens with zero attached hydrogens (tertiary/aromatic N) is 3. The number of carboxylic acids is 1. The number of piperazine rings is 1. The number of amides is 1. The molecule has 0 aliphatic carbocycles. The number of benzene rings is 1. The Balaban J connectivity index is 1.65. The maximum atomic E-state index is 12.6. The van der Waals surface area contributed by atoms with Crippen molar-refractivity contribution in [2.24, 2.45) is 0 Å². The van der Waals surface area contributed by atoms with Crippen molar-refractivity contribution >= 4 is 11.9 Å². The molecule has 2 heterocycles. The maximum Gasteiger partial charge on any atom is 0.335 e. The molecule has 1 aromatic heterocycles. The SMILES string of the molecule is C[C@@H]1CN(Cc2ccc(C(=O)O)cc2)C[C@H](C)N1C(=O)c1cc[nH]n1. The summed E-state index contributed by atoms with van der Waals surface area (Å²) in [5.41, 5.74) is 1.80. The van der Waals surface area contributed by atoms with Crippen LogP contribution in [0.4, 0.5) is 0 Å². The van der Waals surface area contributed by atoms with Gasteiger partial charge in [-0.1, -0.05) is 12.1 Å². The van der Waals surface area contributed by atoms with Gasteiger partial charge in [-0.15, -0.1) is 0 Å². The van der Waals surface area contributed by atoms with E-state index in [2.05, 4.69) is 15.1 Å². The van der Waals surface area contributed by atoms with Crippen molar-refractivity contribution in [2.75, 3.05) is 13.1 Å². The van der Waals surface area contributed by atoms with Gasteiger partial charge < -0.3 is 10.0 Å². The first-order chi connectivity index (χ1) is 12.0.